The van der Waals surface area contributed by atoms with Crippen LogP contribution in [-0.2, 0) is 4.79 Å². The van der Waals surface area contributed by atoms with E-state index in [0.717, 1.165) is 16.3 Å². The molecule has 2 aromatic heterocycles. The summed E-state index contributed by atoms with van der Waals surface area (Å²) in [5.41, 5.74) is 0.807. The molecule has 7 nitrogen and oxygen atoms in total. The van der Waals surface area contributed by atoms with Crippen LogP contribution in [0, 0.1) is 0 Å². The number of benzene rings is 1. The first-order chi connectivity index (χ1) is 13.2. The molecule has 0 spiro atoms. The van der Waals surface area contributed by atoms with E-state index >= 15 is 0 Å². The van der Waals surface area contributed by atoms with Crippen molar-refractivity contribution in [3.63, 3.8) is 0 Å². The van der Waals surface area contributed by atoms with Gasteiger partial charge in [-0.05, 0) is 41.8 Å². The molecule has 3 rings (SSSR count). The molecule has 0 unspecified atom stereocenters. The van der Waals surface area contributed by atoms with E-state index in [0.29, 0.717) is 24.8 Å². The lowest BCUT2D eigenvalue weighted by atomic mass is 10.3. The fourth-order valence-corrected chi connectivity index (χ4v) is 2.86. The first-order valence-electron chi connectivity index (χ1n) is 8.28. The van der Waals surface area contributed by atoms with E-state index in [-0.39, 0.29) is 12.5 Å². The van der Waals surface area contributed by atoms with Gasteiger partial charge in [0.1, 0.15) is 23.8 Å². The van der Waals surface area contributed by atoms with Crippen LogP contribution in [0.25, 0.3) is 10.6 Å². The van der Waals surface area contributed by atoms with E-state index in [1.807, 2.05) is 23.6 Å². The highest BCUT2D eigenvalue weighted by molar-refractivity contribution is 7.13. The molecule has 0 aliphatic heterocycles. The first-order valence-corrected chi connectivity index (χ1v) is 9.16. The highest BCUT2D eigenvalue weighted by atomic mass is 32.1. The van der Waals surface area contributed by atoms with Crippen LogP contribution in [0.4, 0.5) is 0 Å². The summed E-state index contributed by atoms with van der Waals surface area (Å²) >= 11 is 1.60. The van der Waals surface area contributed by atoms with Crippen molar-refractivity contribution in [3.8, 4) is 28.0 Å². The standard InChI is InChI=1S/C19H19N3O4S/c1-24-14-4-6-15(7-5-14)26-13-18(23)20-10-11-25-19-9-8-16(21-22-19)17-3-2-12-27-17/h2-9,12H,10-11,13H2,1H3,(H,20,23). The Bertz CT molecular complexity index is 836. The third kappa shape index (κ3) is 5.68. The molecule has 1 aromatic carbocycles. The van der Waals surface area contributed by atoms with Crippen LogP contribution in [0.1, 0.15) is 0 Å². The van der Waals surface area contributed by atoms with E-state index in [4.69, 9.17) is 14.2 Å². The molecule has 1 amide bonds. The Labute approximate surface area is 160 Å². The van der Waals surface area contributed by atoms with Crippen LogP contribution < -0.4 is 19.5 Å². The van der Waals surface area contributed by atoms with Crippen LogP contribution >= 0.6 is 11.3 Å². The predicted molar refractivity (Wildman–Crippen MR) is 102 cm³/mol. The summed E-state index contributed by atoms with van der Waals surface area (Å²) in [6, 6.07) is 14.6. The van der Waals surface area contributed by atoms with Crippen molar-refractivity contribution in [3.05, 3.63) is 53.9 Å². The highest BCUT2D eigenvalue weighted by Gasteiger charge is 2.05. The fourth-order valence-electron chi connectivity index (χ4n) is 2.17. The molecule has 0 saturated carbocycles. The van der Waals surface area contributed by atoms with Gasteiger partial charge in [0.25, 0.3) is 5.91 Å². The van der Waals surface area contributed by atoms with E-state index in [1.54, 1.807) is 48.8 Å². The summed E-state index contributed by atoms with van der Waals surface area (Å²) in [5, 5.41) is 12.9. The Morgan fingerprint density at radius 1 is 1.04 bits per heavy atom. The Kier molecular flexibility index (Phi) is 6.59. The molecule has 0 radical (unpaired) electrons. The lowest BCUT2D eigenvalue weighted by molar-refractivity contribution is -0.123. The number of aromatic nitrogens is 2. The third-order valence-corrected chi connectivity index (χ3v) is 4.41. The molecule has 0 fully saturated rings. The number of nitrogens with zero attached hydrogens (tertiary/aromatic N) is 2. The Hall–Kier alpha value is -3.13. The number of hydrogen-bond donors (Lipinski definition) is 1. The second kappa shape index (κ2) is 9.54. The van der Waals surface area contributed by atoms with Crippen LogP contribution in [-0.4, -0.2) is 43.0 Å². The van der Waals surface area contributed by atoms with Crippen molar-refractivity contribution in [2.75, 3.05) is 26.9 Å². The molecule has 3 aromatic rings. The fraction of sp³-hybridized carbons (Fsp3) is 0.211. The van der Waals surface area contributed by atoms with Crippen molar-refractivity contribution in [1.82, 2.24) is 15.5 Å². The molecule has 8 heteroatoms. The zero-order chi connectivity index (χ0) is 18.9. The van der Waals surface area contributed by atoms with Gasteiger partial charge in [0.2, 0.25) is 5.88 Å². The largest absolute Gasteiger partial charge is 0.497 e. The highest BCUT2D eigenvalue weighted by Crippen LogP contribution is 2.22. The van der Waals surface area contributed by atoms with E-state index in [2.05, 4.69) is 15.5 Å². The number of carbonyl (C=O) groups is 1. The number of carbonyl (C=O) groups excluding carboxylic acids is 1. The maximum absolute atomic E-state index is 11.8. The Balaban J connectivity index is 1.34. The second-order valence-corrected chi connectivity index (χ2v) is 6.34. The van der Waals surface area contributed by atoms with Gasteiger partial charge in [-0.3, -0.25) is 4.79 Å². The lowest BCUT2D eigenvalue weighted by Gasteiger charge is -2.09. The monoisotopic (exact) mass is 385 g/mol. The SMILES string of the molecule is COc1ccc(OCC(=O)NCCOc2ccc(-c3cccs3)nn2)cc1. The van der Waals surface area contributed by atoms with Gasteiger partial charge < -0.3 is 19.5 Å². The second-order valence-electron chi connectivity index (χ2n) is 5.40. The number of rotatable bonds is 9. The van der Waals surface area contributed by atoms with Gasteiger partial charge >= 0.3 is 0 Å². The van der Waals surface area contributed by atoms with Crippen LogP contribution in [0.2, 0.25) is 0 Å². The van der Waals surface area contributed by atoms with Gasteiger partial charge in [0.05, 0.1) is 18.5 Å². The summed E-state index contributed by atoms with van der Waals surface area (Å²) in [7, 11) is 1.59. The van der Waals surface area contributed by atoms with E-state index in [1.165, 1.54) is 0 Å². The normalized spacial score (nSPS) is 10.3. The zero-order valence-corrected chi connectivity index (χ0v) is 15.6. The molecular formula is C19H19N3O4S. The first kappa shape index (κ1) is 18.7. The van der Waals surface area contributed by atoms with Crippen LogP contribution in [0.5, 0.6) is 17.4 Å². The summed E-state index contributed by atoms with van der Waals surface area (Å²) in [4.78, 5) is 12.8. The smallest absolute Gasteiger partial charge is 0.258 e. The summed E-state index contributed by atoms with van der Waals surface area (Å²) < 4.78 is 15.9. The molecule has 0 saturated heterocycles. The minimum Gasteiger partial charge on any atom is -0.497 e. The molecule has 1 N–H and O–H groups in total. The molecule has 0 aliphatic rings. The maximum Gasteiger partial charge on any atom is 0.258 e. The van der Waals surface area contributed by atoms with Crippen LogP contribution in [0.15, 0.2) is 53.9 Å². The summed E-state index contributed by atoms with van der Waals surface area (Å²) in [6.45, 7) is 0.572. The number of amides is 1. The topological polar surface area (TPSA) is 82.6 Å². The minimum absolute atomic E-state index is 0.0678. The van der Waals surface area contributed by atoms with Gasteiger partial charge in [0.15, 0.2) is 6.61 Å². The molecular weight excluding hydrogens is 366 g/mol. The number of ether oxygens (including phenoxy) is 3. The minimum atomic E-state index is -0.228. The number of nitrogens with one attached hydrogen (secondary N) is 1. The van der Waals surface area contributed by atoms with Crippen LogP contribution in [0.3, 0.4) is 0 Å². The Morgan fingerprint density at radius 2 is 1.85 bits per heavy atom. The van der Waals surface area contributed by atoms with Gasteiger partial charge in [-0.1, -0.05) is 6.07 Å². The molecule has 0 bridgehead atoms. The summed E-state index contributed by atoms with van der Waals surface area (Å²) in [5.74, 6) is 1.52. The predicted octanol–water partition coefficient (Wildman–Crippen LogP) is 2.79. The summed E-state index contributed by atoms with van der Waals surface area (Å²) in [6.07, 6.45) is 0. The van der Waals surface area contributed by atoms with Crippen molar-refractivity contribution >= 4 is 17.2 Å². The molecule has 140 valence electrons. The lowest BCUT2D eigenvalue weighted by Crippen LogP contribution is -2.32. The van der Waals surface area contributed by atoms with Gasteiger partial charge in [-0.2, -0.15) is 0 Å². The number of methoxy groups -OCH3 is 1. The Morgan fingerprint density at radius 3 is 2.52 bits per heavy atom. The van der Waals surface area contributed by atoms with Gasteiger partial charge in [0, 0.05) is 6.07 Å². The van der Waals surface area contributed by atoms with Crippen molar-refractivity contribution in [2.45, 2.75) is 0 Å². The average molecular weight is 385 g/mol. The molecule has 2 heterocycles. The van der Waals surface area contributed by atoms with E-state index < -0.39 is 0 Å². The quantitative estimate of drug-likeness (QED) is 0.571. The number of thiophene rings is 1. The van der Waals surface area contributed by atoms with Gasteiger partial charge in [-0.25, -0.2) is 0 Å². The molecule has 0 atom stereocenters. The molecule has 27 heavy (non-hydrogen) atoms. The zero-order valence-electron chi connectivity index (χ0n) is 14.8. The van der Waals surface area contributed by atoms with Crippen molar-refractivity contribution < 1.29 is 19.0 Å². The van der Waals surface area contributed by atoms with Gasteiger partial charge in [-0.15, -0.1) is 21.5 Å². The van der Waals surface area contributed by atoms with Crippen molar-refractivity contribution in [2.24, 2.45) is 0 Å². The van der Waals surface area contributed by atoms with E-state index in [9.17, 15) is 4.79 Å². The maximum atomic E-state index is 11.8. The molecule has 0 aliphatic carbocycles. The number of hydrogen-bond acceptors (Lipinski definition) is 7. The van der Waals surface area contributed by atoms with Crippen molar-refractivity contribution in [1.29, 1.82) is 0 Å². The third-order valence-electron chi connectivity index (χ3n) is 3.52. The average Bonchev–Trinajstić information content (AvgIpc) is 3.25.